The van der Waals surface area contributed by atoms with Crippen molar-refractivity contribution in [1.82, 2.24) is 9.72 Å². The Bertz CT molecular complexity index is 1210. The summed E-state index contributed by atoms with van der Waals surface area (Å²) in [6, 6.07) is 8.60. The summed E-state index contributed by atoms with van der Waals surface area (Å²) in [5, 5.41) is 8.84. The molecule has 1 aliphatic heterocycles. The Kier molecular flexibility index (Phi) is 6.02. The van der Waals surface area contributed by atoms with Crippen LogP contribution >= 0.6 is 0 Å². The van der Waals surface area contributed by atoms with E-state index in [1.54, 1.807) is 19.1 Å². The van der Waals surface area contributed by atoms with Gasteiger partial charge in [0, 0.05) is 25.4 Å². The monoisotopic (exact) mass is 439 g/mol. The van der Waals surface area contributed by atoms with Gasteiger partial charge in [-0.1, -0.05) is 5.16 Å². The van der Waals surface area contributed by atoms with E-state index >= 15 is 0 Å². The van der Waals surface area contributed by atoms with E-state index in [9.17, 15) is 18.8 Å². The van der Waals surface area contributed by atoms with Crippen LogP contribution in [0, 0.1) is 12.7 Å². The van der Waals surface area contributed by atoms with Crippen molar-refractivity contribution in [3.05, 3.63) is 70.1 Å². The maximum atomic E-state index is 13.9. The molecule has 1 aliphatic rings. The summed E-state index contributed by atoms with van der Waals surface area (Å²) in [4.78, 5) is 40.0. The highest BCUT2D eigenvalue weighted by Gasteiger charge is 2.20. The topological polar surface area (TPSA) is 109 Å². The van der Waals surface area contributed by atoms with Gasteiger partial charge in [-0.05, 0) is 50.1 Å². The summed E-state index contributed by atoms with van der Waals surface area (Å²) in [6.07, 6.45) is 3.44. The lowest BCUT2D eigenvalue weighted by molar-refractivity contribution is -0.116. The number of benzene rings is 1. The molecule has 1 saturated heterocycles. The quantitative estimate of drug-likeness (QED) is 0.611. The second-order valence-electron chi connectivity index (χ2n) is 7.54. The Morgan fingerprint density at radius 1 is 1.16 bits per heavy atom. The molecule has 0 bridgehead atoms. The molecule has 0 saturated carbocycles. The lowest BCUT2D eigenvalue weighted by Crippen LogP contribution is -2.32. The molecule has 166 valence electrons. The molecule has 2 amide bonds. The number of hydrogen-bond acceptors (Lipinski definition) is 6. The van der Waals surface area contributed by atoms with Crippen LogP contribution in [-0.4, -0.2) is 34.6 Å². The van der Waals surface area contributed by atoms with Crippen LogP contribution in [0.15, 0.2) is 51.9 Å². The van der Waals surface area contributed by atoms with Gasteiger partial charge in [0.1, 0.15) is 23.7 Å². The minimum absolute atomic E-state index is 0.158. The Morgan fingerprint density at radius 3 is 2.66 bits per heavy atom. The van der Waals surface area contributed by atoms with Gasteiger partial charge < -0.3 is 24.6 Å². The molecule has 1 aromatic carbocycles. The van der Waals surface area contributed by atoms with Crippen molar-refractivity contribution in [2.45, 2.75) is 26.3 Å². The molecule has 9 nitrogen and oxygen atoms in total. The third-order valence-corrected chi connectivity index (χ3v) is 5.13. The van der Waals surface area contributed by atoms with Gasteiger partial charge in [-0.3, -0.25) is 14.4 Å². The zero-order chi connectivity index (χ0) is 22.7. The Hall–Kier alpha value is -3.95. The first-order valence-electron chi connectivity index (χ1n) is 10.2. The van der Waals surface area contributed by atoms with Crippen molar-refractivity contribution in [2.24, 2.45) is 0 Å². The van der Waals surface area contributed by atoms with Crippen molar-refractivity contribution in [3.63, 3.8) is 0 Å². The first kappa shape index (κ1) is 21.3. The average molecular weight is 439 g/mol. The first-order chi connectivity index (χ1) is 15.4. The van der Waals surface area contributed by atoms with Gasteiger partial charge in [0.2, 0.25) is 5.91 Å². The predicted octanol–water partition coefficient (Wildman–Crippen LogP) is 2.78. The standard InChI is InChI=1S/C22H22FN5O4/c1-14-11-19(26-32-14)25-20(29)13-28-10-4-5-16(22(28)31)21(30)24-17-12-15(23)6-7-18(17)27-8-2-3-9-27/h4-7,10-12H,2-3,8-9,13H2,1H3,(H,24,30)(H,25,26,29). The van der Waals surface area contributed by atoms with Crippen LogP contribution in [0.1, 0.15) is 29.0 Å². The molecule has 4 rings (SSSR count). The molecule has 0 aliphatic carbocycles. The van der Waals surface area contributed by atoms with Gasteiger partial charge in [-0.2, -0.15) is 0 Å². The molecular weight excluding hydrogens is 417 g/mol. The van der Waals surface area contributed by atoms with Crippen molar-refractivity contribution < 1.29 is 18.5 Å². The third kappa shape index (κ3) is 4.69. The predicted molar refractivity (Wildman–Crippen MR) is 116 cm³/mol. The van der Waals surface area contributed by atoms with Gasteiger partial charge in [-0.15, -0.1) is 0 Å². The molecule has 3 heterocycles. The second-order valence-corrected chi connectivity index (χ2v) is 7.54. The van der Waals surface area contributed by atoms with Gasteiger partial charge in [0.15, 0.2) is 5.82 Å². The Labute approximate surface area is 182 Å². The maximum Gasteiger partial charge on any atom is 0.263 e. The number of aromatic nitrogens is 2. The van der Waals surface area contributed by atoms with Crippen molar-refractivity contribution in [1.29, 1.82) is 0 Å². The van der Waals surface area contributed by atoms with Crippen molar-refractivity contribution in [2.75, 3.05) is 28.6 Å². The number of aryl methyl sites for hydroxylation is 1. The van der Waals surface area contributed by atoms with E-state index < -0.39 is 23.2 Å². The number of halogens is 1. The van der Waals surface area contributed by atoms with E-state index in [-0.39, 0.29) is 17.9 Å². The molecule has 0 atom stereocenters. The molecular formula is C22H22FN5O4. The van der Waals surface area contributed by atoms with E-state index in [4.69, 9.17) is 4.52 Å². The minimum Gasteiger partial charge on any atom is -0.370 e. The molecule has 0 spiro atoms. The van der Waals surface area contributed by atoms with Crippen LogP contribution in [0.3, 0.4) is 0 Å². The third-order valence-electron chi connectivity index (χ3n) is 5.13. The summed E-state index contributed by atoms with van der Waals surface area (Å²) >= 11 is 0. The van der Waals surface area contributed by atoms with E-state index in [0.717, 1.165) is 30.5 Å². The first-order valence-corrected chi connectivity index (χ1v) is 10.2. The Morgan fingerprint density at radius 2 is 1.94 bits per heavy atom. The highest BCUT2D eigenvalue weighted by molar-refractivity contribution is 6.05. The number of hydrogen-bond donors (Lipinski definition) is 2. The molecule has 10 heteroatoms. The summed E-state index contributed by atoms with van der Waals surface area (Å²) in [7, 11) is 0. The van der Waals surface area contributed by atoms with Crippen molar-refractivity contribution >= 4 is 29.0 Å². The Balaban J connectivity index is 1.52. The highest BCUT2D eigenvalue weighted by Crippen LogP contribution is 2.30. The zero-order valence-electron chi connectivity index (χ0n) is 17.4. The van der Waals surface area contributed by atoms with E-state index in [1.165, 1.54) is 30.5 Å². The normalized spacial score (nSPS) is 13.2. The van der Waals surface area contributed by atoms with Crippen LogP contribution in [0.4, 0.5) is 21.6 Å². The fourth-order valence-electron chi connectivity index (χ4n) is 3.63. The van der Waals surface area contributed by atoms with Crippen LogP contribution in [0.25, 0.3) is 0 Å². The van der Waals surface area contributed by atoms with Crippen LogP contribution < -0.4 is 21.1 Å². The number of nitrogens with zero attached hydrogens (tertiary/aromatic N) is 3. The zero-order valence-corrected chi connectivity index (χ0v) is 17.4. The van der Waals surface area contributed by atoms with Gasteiger partial charge in [-0.25, -0.2) is 4.39 Å². The number of anilines is 3. The molecule has 0 unspecified atom stereocenters. The minimum atomic E-state index is -0.678. The number of amides is 2. The number of carbonyl (C=O) groups is 2. The van der Waals surface area contributed by atoms with Gasteiger partial charge in [0.05, 0.1) is 11.4 Å². The molecule has 2 aromatic heterocycles. The van der Waals surface area contributed by atoms with Gasteiger partial charge in [0.25, 0.3) is 11.5 Å². The molecule has 3 aromatic rings. The summed E-state index contributed by atoms with van der Waals surface area (Å²) < 4.78 is 19.9. The van der Waals surface area contributed by atoms with Crippen LogP contribution in [0.2, 0.25) is 0 Å². The number of rotatable bonds is 6. The molecule has 1 fully saturated rings. The second kappa shape index (κ2) is 9.04. The number of nitrogens with one attached hydrogen (secondary N) is 2. The summed E-state index contributed by atoms with van der Waals surface area (Å²) in [6.45, 7) is 2.99. The van der Waals surface area contributed by atoms with E-state index in [1.807, 2.05) is 0 Å². The van der Waals surface area contributed by atoms with Crippen molar-refractivity contribution in [3.8, 4) is 0 Å². The van der Waals surface area contributed by atoms with Crippen LogP contribution in [-0.2, 0) is 11.3 Å². The smallest absolute Gasteiger partial charge is 0.263 e. The summed E-state index contributed by atoms with van der Waals surface area (Å²) in [5.74, 6) is -0.910. The fraction of sp³-hybridized carbons (Fsp3) is 0.273. The molecule has 0 radical (unpaired) electrons. The fourth-order valence-corrected chi connectivity index (χ4v) is 3.63. The average Bonchev–Trinajstić information content (AvgIpc) is 3.41. The largest absolute Gasteiger partial charge is 0.370 e. The van der Waals surface area contributed by atoms with Crippen LogP contribution in [0.5, 0.6) is 0 Å². The maximum absolute atomic E-state index is 13.9. The van der Waals surface area contributed by atoms with E-state index in [2.05, 4.69) is 20.7 Å². The summed E-state index contributed by atoms with van der Waals surface area (Å²) in [5.41, 5.74) is 0.200. The highest BCUT2D eigenvalue weighted by atomic mass is 19.1. The SMILES string of the molecule is Cc1cc(NC(=O)Cn2cccc(C(=O)Nc3cc(F)ccc3N3CCCC3)c2=O)no1. The molecule has 32 heavy (non-hydrogen) atoms. The number of carbonyl (C=O) groups excluding carboxylic acids is 2. The lowest BCUT2D eigenvalue weighted by Gasteiger charge is -2.21. The number of pyridine rings is 1. The lowest BCUT2D eigenvalue weighted by atomic mass is 10.2. The van der Waals surface area contributed by atoms with E-state index in [0.29, 0.717) is 17.1 Å². The molecule has 2 N–H and O–H groups in total. The van der Waals surface area contributed by atoms with Gasteiger partial charge >= 0.3 is 0 Å².